The molecule has 2 fully saturated rings. The fourth-order valence-electron chi connectivity index (χ4n) is 2.69. The van der Waals surface area contributed by atoms with Gasteiger partial charge in [-0.2, -0.15) is 4.31 Å². The minimum Gasteiger partial charge on any atom is -0.381 e. The van der Waals surface area contributed by atoms with E-state index in [2.05, 4.69) is 0 Å². The van der Waals surface area contributed by atoms with Crippen LogP contribution in [0.15, 0.2) is 0 Å². The highest BCUT2D eigenvalue weighted by molar-refractivity contribution is 7.89. The molecule has 0 amide bonds. The van der Waals surface area contributed by atoms with E-state index >= 15 is 0 Å². The van der Waals surface area contributed by atoms with E-state index in [4.69, 9.17) is 10.5 Å². The quantitative estimate of drug-likeness (QED) is 0.733. The van der Waals surface area contributed by atoms with Crippen molar-refractivity contribution < 1.29 is 13.2 Å². The third kappa shape index (κ3) is 1.99. The SMILES string of the molecule is CC1CN(C2(CN)CCOCC2)S(=O)(=O)C1. The van der Waals surface area contributed by atoms with E-state index in [-0.39, 0.29) is 17.2 Å². The monoisotopic (exact) mass is 248 g/mol. The maximum absolute atomic E-state index is 12.1. The summed E-state index contributed by atoms with van der Waals surface area (Å²) in [5.41, 5.74) is 5.44. The highest BCUT2D eigenvalue weighted by Crippen LogP contribution is 2.34. The van der Waals surface area contributed by atoms with Gasteiger partial charge in [-0.1, -0.05) is 6.92 Å². The minimum atomic E-state index is -3.11. The molecule has 1 unspecified atom stereocenters. The van der Waals surface area contributed by atoms with Gasteiger partial charge < -0.3 is 10.5 Å². The standard InChI is InChI=1S/C10H20N2O3S/c1-9-6-12(16(13,14)7-9)10(8-11)2-4-15-5-3-10/h9H,2-8,11H2,1H3. The molecule has 2 heterocycles. The molecule has 0 radical (unpaired) electrons. The largest absolute Gasteiger partial charge is 0.381 e. The van der Waals surface area contributed by atoms with Crippen LogP contribution in [-0.2, 0) is 14.8 Å². The zero-order valence-electron chi connectivity index (χ0n) is 9.68. The topological polar surface area (TPSA) is 72.6 Å². The van der Waals surface area contributed by atoms with Crippen LogP contribution in [0.3, 0.4) is 0 Å². The molecule has 0 aromatic heterocycles. The second-order valence-electron chi connectivity index (χ2n) is 4.96. The van der Waals surface area contributed by atoms with Gasteiger partial charge >= 0.3 is 0 Å². The third-order valence-corrected chi connectivity index (χ3v) is 5.84. The van der Waals surface area contributed by atoms with Gasteiger partial charge in [-0.3, -0.25) is 0 Å². The van der Waals surface area contributed by atoms with Gasteiger partial charge in [-0.05, 0) is 18.8 Å². The second-order valence-corrected chi connectivity index (χ2v) is 6.89. The number of hydrogen-bond donors (Lipinski definition) is 1. The predicted octanol–water partition coefficient (Wildman–Crippen LogP) is -0.224. The number of sulfonamides is 1. The molecule has 5 nitrogen and oxygen atoms in total. The van der Waals surface area contributed by atoms with E-state index < -0.39 is 10.0 Å². The third-order valence-electron chi connectivity index (χ3n) is 3.64. The molecule has 0 aromatic carbocycles. The average molecular weight is 248 g/mol. The molecule has 0 bridgehead atoms. The zero-order chi connectivity index (χ0) is 11.8. The van der Waals surface area contributed by atoms with E-state index in [1.807, 2.05) is 6.92 Å². The Bertz CT molecular complexity index is 349. The van der Waals surface area contributed by atoms with Gasteiger partial charge in [0.2, 0.25) is 10.0 Å². The summed E-state index contributed by atoms with van der Waals surface area (Å²) in [6.45, 7) is 4.19. The van der Waals surface area contributed by atoms with Crippen LogP contribution >= 0.6 is 0 Å². The molecular formula is C10H20N2O3S. The Hall–Kier alpha value is -0.170. The van der Waals surface area contributed by atoms with Gasteiger partial charge in [0.05, 0.1) is 11.3 Å². The van der Waals surface area contributed by atoms with E-state index in [0.29, 0.717) is 26.3 Å². The van der Waals surface area contributed by atoms with Crippen molar-refractivity contribution in [1.29, 1.82) is 0 Å². The van der Waals surface area contributed by atoms with Crippen LogP contribution < -0.4 is 5.73 Å². The molecule has 0 spiro atoms. The van der Waals surface area contributed by atoms with Crippen LogP contribution in [0.5, 0.6) is 0 Å². The van der Waals surface area contributed by atoms with Crippen LogP contribution in [-0.4, -0.2) is 50.3 Å². The first kappa shape index (κ1) is 12.3. The normalized spacial score (nSPS) is 34.0. The number of nitrogens with two attached hydrogens (primary N) is 1. The summed E-state index contributed by atoms with van der Waals surface area (Å²) < 4.78 is 31.1. The molecule has 0 aliphatic carbocycles. The lowest BCUT2D eigenvalue weighted by atomic mass is 9.89. The molecule has 94 valence electrons. The molecule has 2 aliphatic heterocycles. The lowest BCUT2D eigenvalue weighted by Gasteiger charge is -2.42. The lowest BCUT2D eigenvalue weighted by Crippen LogP contribution is -2.57. The fraction of sp³-hybridized carbons (Fsp3) is 1.00. The van der Waals surface area contributed by atoms with E-state index in [1.165, 1.54) is 0 Å². The highest BCUT2D eigenvalue weighted by Gasteiger charge is 2.47. The summed E-state index contributed by atoms with van der Waals surface area (Å²) in [6, 6.07) is 0. The predicted molar refractivity (Wildman–Crippen MR) is 61.5 cm³/mol. The van der Waals surface area contributed by atoms with E-state index in [1.54, 1.807) is 4.31 Å². The number of hydrogen-bond acceptors (Lipinski definition) is 4. The van der Waals surface area contributed by atoms with Gasteiger partial charge in [0.15, 0.2) is 0 Å². The first-order valence-corrected chi connectivity index (χ1v) is 7.39. The number of rotatable bonds is 2. The van der Waals surface area contributed by atoms with E-state index in [0.717, 1.165) is 12.8 Å². The summed E-state index contributed by atoms with van der Waals surface area (Å²) in [5, 5.41) is 0. The molecule has 0 aromatic rings. The summed E-state index contributed by atoms with van der Waals surface area (Å²) in [6.07, 6.45) is 1.44. The second kappa shape index (κ2) is 4.25. The molecule has 2 aliphatic rings. The van der Waals surface area contributed by atoms with Crippen molar-refractivity contribution in [2.75, 3.05) is 32.1 Å². The molecule has 2 saturated heterocycles. The molecule has 2 N–H and O–H groups in total. The molecule has 16 heavy (non-hydrogen) atoms. The van der Waals surface area contributed by atoms with Crippen LogP contribution in [0.25, 0.3) is 0 Å². The molecule has 1 atom stereocenters. The van der Waals surface area contributed by atoms with Gasteiger partial charge in [-0.15, -0.1) is 0 Å². The number of ether oxygens (including phenoxy) is 1. The minimum absolute atomic E-state index is 0.205. The first-order chi connectivity index (χ1) is 7.50. The van der Waals surface area contributed by atoms with Crippen molar-refractivity contribution in [3.05, 3.63) is 0 Å². The van der Waals surface area contributed by atoms with Crippen molar-refractivity contribution in [2.45, 2.75) is 25.3 Å². The zero-order valence-corrected chi connectivity index (χ0v) is 10.5. The first-order valence-electron chi connectivity index (χ1n) is 5.78. The maximum atomic E-state index is 12.1. The maximum Gasteiger partial charge on any atom is 0.214 e. The van der Waals surface area contributed by atoms with Crippen molar-refractivity contribution in [1.82, 2.24) is 4.31 Å². The van der Waals surface area contributed by atoms with Gasteiger partial charge in [0.1, 0.15) is 0 Å². The molecular weight excluding hydrogens is 228 g/mol. The molecule has 6 heteroatoms. The summed E-state index contributed by atoms with van der Waals surface area (Å²) >= 11 is 0. The Morgan fingerprint density at radius 2 is 2.06 bits per heavy atom. The summed E-state index contributed by atoms with van der Waals surface area (Å²) in [5.74, 6) is 0.464. The smallest absolute Gasteiger partial charge is 0.214 e. The summed E-state index contributed by atoms with van der Waals surface area (Å²) in [4.78, 5) is 0. The Morgan fingerprint density at radius 1 is 1.44 bits per heavy atom. The number of nitrogens with zero attached hydrogens (tertiary/aromatic N) is 1. The van der Waals surface area contributed by atoms with Crippen LogP contribution in [0, 0.1) is 5.92 Å². The van der Waals surface area contributed by atoms with Gasteiger partial charge in [-0.25, -0.2) is 8.42 Å². The van der Waals surface area contributed by atoms with Gasteiger partial charge in [0, 0.05) is 26.3 Å². The molecule has 2 rings (SSSR count). The van der Waals surface area contributed by atoms with Crippen LogP contribution in [0.2, 0.25) is 0 Å². The Labute approximate surface area is 97.0 Å². The van der Waals surface area contributed by atoms with Crippen molar-refractivity contribution in [3.63, 3.8) is 0 Å². The summed E-state index contributed by atoms with van der Waals surface area (Å²) in [7, 11) is -3.11. The lowest BCUT2D eigenvalue weighted by molar-refractivity contribution is 0.0104. The van der Waals surface area contributed by atoms with Crippen molar-refractivity contribution in [2.24, 2.45) is 11.7 Å². The Balaban J connectivity index is 2.27. The van der Waals surface area contributed by atoms with Gasteiger partial charge in [0.25, 0.3) is 0 Å². The van der Waals surface area contributed by atoms with Crippen LogP contribution in [0.4, 0.5) is 0 Å². The van der Waals surface area contributed by atoms with Crippen LogP contribution in [0.1, 0.15) is 19.8 Å². The highest BCUT2D eigenvalue weighted by atomic mass is 32.2. The van der Waals surface area contributed by atoms with Crippen molar-refractivity contribution >= 4 is 10.0 Å². The Kier molecular flexibility index (Phi) is 3.27. The van der Waals surface area contributed by atoms with Crippen molar-refractivity contribution in [3.8, 4) is 0 Å². The fourth-order valence-corrected chi connectivity index (χ4v) is 5.03. The average Bonchev–Trinajstić information content (AvgIpc) is 2.53. The van der Waals surface area contributed by atoms with E-state index in [9.17, 15) is 8.42 Å². The molecule has 0 saturated carbocycles. The Morgan fingerprint density at radius 3 is 2.50 bits per heavy atom.